The number of amides is 1. The normalized spacial score (nSPS) is 10.0. The molecule has 0 aromatic heterocycles. The molecule has 0 atom stereocenters. The van der Waals surface area contributed by atoms with Crippen LogP contribution in [0.25, 0.3) is 0 Å². The van der Waals surface area contributed by atoms with Crippen molar-refractivity contribution < 1.29 is 19.1 Å². The molecule has 0 aliphatic carbocycles. The zero-order valence-electron chi connectivity index (χ0n) is 13.9. The topological polar surface area (TPSA) is 64.6 Å². The lowest BCUT2D eigenvalue weighted by Gasteiger charge is -2.06. The van der Waals surface area contributed by atoms with Crippen molar-refractivity contribution in [1.82, 2.24) is 5.32 Å². The molecule has 0 radical (unpaired) electrons. The zero-order valence-corrected chi connectivity index (χ0v) is 13.9. The van der Waals surface area contributed by atoms with Gasteiger partial charge >= 0.3 is 12.1 Å². The first-order valence-corrected chi connectivity index (χ1v) is 8.37. The molecule has 1 N–H and O–H groups in total. The largest absolute Gasteiger partial charge is 0.466 e. The van der Waals surface area contributed by atoms with Gasteiger partial charge in [0.05, 0.1) is 13.0 Å². The first kappa shape index (κ1) is 20.5. The molecule has 0 saturated heterocycles. The van der Waals surface area contributed by atoms with Crippen LogP contribution in [0.3, 0.4) is 0 Å². The minimum Gasteiger partial charge on any atom is -0.466 e. The maximum Gasteiger partial charge on any atom is 0.407 e. The summed E-state index contributed by atoms with van der Waals surface area (Å²) >= 11 is 0. The molecular formula is C17H31NO4. The lowest BCUT2D eigenvalue weighted by molar-refractivity contribution is -0.143. The maximum absolute atomic E-state index is 11.4. The molecule has 0 aromatic carbocycles. The lowest BCUT2D eigenvalue weighted by atomic mass is 10.1. The SMILES string of the molecule is C=CCOC(=O)NCCC(=O)OCCCCCCCCCC. The van der Waals surface area contributed by atoms with Gasteiger partial charge in [0.1, 0.15) is 6.61 Å². The Morgan fingerprint density at radius 3 is 2.27 bits per heavy atom. The fourth-order valence-corrected chi connectivity index (χ4v) is 1.95. The molecule has 0 saturated carbocycles. The van der Waals surface area contributed by atoms with Crippen molar-refractivity contribution in [3.8, 4) is 0 Å². The van der Waals surface area contributed by atoms with E-state index in [1.165, 1.54) is 44.6 Å². The second kappa shape index (κ2) is 15.9. The Kier molecular flexibility index (Phi) is 14.8. The number of nitrogens with one attached hydrogen (secondary N) is 1. The molecule has 1 amide bonds. The highest BCUT2D eigenvalue weighted by Crippen LogP contribution is 2.08. The van der Waals surface area contributed by atoms with E-state index in [2.05, 4.69) is 18.8 Å². The summed E-state index contributed by atoms with van der Waals surface area (Å²) < 4.78 is 9.82. The summed E-state index contributed by atoms with van der Waals surface area (Å²) in [6, 6.07) is 0. The number of ether oxygens (including phenoxy) is 2. The van der Waals surface area contributed by atoms with Crippen molar-refractivity contribution >= 4 is 12.1 Å². The zero-order chi connectivity index (χ0) is 16.5. The van der Waals surface area contributed by atoms with E-state index in [4.69, 9.17) is 9.47 Å². The first-order valence-electron chi connectivity index (χ1n) is 8.37. The Bertz CT molecular complexity index is 305. The minimum absolute atomic E-state index is 0.161. The minimum atomic E-state index is -0.546. The maximum atomic E-state index is 11.4. The summed E-state index contributed by atoms with van der Waals surface area (Å²) in [5.74, 6) is -0.285. The molecular weight excluding hydrogens is 282 g/mol. The number of carbonyl (C=O) groups is 2. The van der Waals surface area contributed by atoms with E-state index in [0.29, 0.717) is 6.61 Å². The molecule has 0 spiro atoms. The third kappa shape index (κ3) is 14.9. The van der Waals surface area contributed by atoms with Crippen molar-refractivity contribution in [3.63, 3.8) is 0 Å². The smallest absolute Gasteiger partial charge is 0.407 e. The molecule has 5 nitrogen and oxygen atoms in total. The Balaban J connectivity index is 3.29. The summed E-state index contributed by atoms with van der Waals surface area (Å²) in [4.78, 5) is 22.5. The fraction of sp³-hybridized carbons (Fsp3) is 0.765. The van der Waals surface area contributed by atoms with Gasteiger partial charge in [-0.15, -0.1) is 0 Å². The van der Waals surface area contributed by atoms with Crippen LogP contribution in [0.1, 0.15) is 64.7 Å². The average Bonchev–Trinajstić information content (AvgIpc) is 2.51. The van der Waals surface area contributed by atoms with Gasteiger partial charge in [0, 0.05) is 6.54 Å². The van der Waals surface area contributed by atoms with Gasteiger partial charge in [-0.1, -0.05) is 64.5 Å². The summed E-state index contributed by atoms with van der Waals surface area (Å²) in [5.41, 5.74) is 0. The number of rotatable bonds is 14. The van der Waals surface area contributed by atoms with E-state index in [9.17, 15) is 9.59 Å². The van der Waals surface area contributed by atoms with Crippen LogP contribution < -0.4 is 5.32 Å². The highest BCUT2D eigenvalue weighted by molar-refractivity contribution is 5.71. The third-order valence-electron chi connectivity index (χ3n) is 3.19. The Morgan fingerprint density at radius 2 is 1.64 bits per heavy atom. The Morgan fingerprint density at radius 1 is 1.00 bits per heavy atom. The first-order chi connectivity index (χ1) is 10.7. The van der Waals surface area contributed by atoms with E-state index >= 15 is 0 Å². The van der Waals surface area contributed by atoms with Crippen LogP contribution in [0.5, 0.6) is 0 Å². The van der Waals surface area contributed by atoms with E-state index in [0.717, 1.165) is 12.8 Å². The molecule has 5 heteroatoms. The summed E-state index contributed by atoms with van der Waals surface area (Å²) in [6.45, 7) is 6.51. The predicted octanol–water partition coefficient (Wildman–Crippen LogP) is 3.97. The van der Waals surface area contributed by atoms with Gasteiger partial charge in [0.15, 0.2) is 0 Å². The molecule has 0 aliphatic rings. The van der Waals surface area contributed by atoms with E-state index in [1.54, 1.807) is 0 Å². The van der Waals surface area contributed by atoms with Gasteiger partial charge in [0.2, 0.25) is 0 Å². The molecule has 0 bridgehead atoms. The van der Waals surface area contributed by atoms with Crippen molar-refractivity contribution in [2.75, 3.05) is 19.8 Å². The van der Waals surface area contributed by atoms with Crippen molar-refractivity contribution in [3.05, 3.63) is 12.7 Å². The molecule has 22 heavy (non-hydrogen) atoms. The standard InChI is InChI=1S/C17H31NO4/c1-3-5-6-7-8-9-10-11-15-21-16(19)12-13-18-17(20)22-14-4-2/h4H,2-3,5-15H2,1H3,(H,18,20). The van der Waals surface area contributed by atoms with Crippen LogP contribution in [0.2, 0.25) is 0 Å². The number of unbranched alkanes of at least 4 members (excludes halogenated alkanes) is 7. The monoisotopic (exact) mass is 313 g/mol. The van der Waals surface area contributed by atoms with Gasteiger partial charge in [-0.2, -0.15) is 0 Å². The van der Waals surface area contributed by atoms with E-state index in [-0.39, 0.29) is 25.5 Å². The summed E-state index contributed by atoms with van der Waals surface area (Å²) in [5, 5.41) is 2.47. The van der Waals surface area contributed by atoms with Crippen molar-refractivity contribution in [1.29, 1.82) is 0 Å². The third-order valence-corrected chi connectivity index (χ3v) is 3.19. The predicted molar refractivity (Wildman–Crippen MR) is 87.7 cm³/mol. The summed E-state index contributed by atoms with van der Waals surface area (Å²) in [6.07, 6.45) is 10.8. The van der Waals surface area contributed by atoms with Gasteiger partial charge in [-0.3, -0.25) is 4.79 Å². The average molecular weight is 313 g/mol. The highest BCUT2D eigenvalue weighted by Gasteiger charge is 2.05. The quantitative estimate of drug-likeness (QED) is 0.299. The van der Waals surface area contributed by atoms with Gasteiger partial charge in [-0.25, -0.2) is 4.79 Å². The van der Waals surface area contributed by atoms with Crippen LogP contribution >= 0.6 is 0 Å². The number of hydrogen-bond acceptors (Lipinski definition) is 4. The molecule has 0 aromatic rings. The van der Waals surface area contributed by atoms with E-state index in [1.807, 2.05) is 0 Å². The molecule has 0 aliphatic heterocycles. The Hall–Kier alpha value is -1.52. The van der Waals surface area contributed by atoms with E-state index < -0.39 is 6.09 Å². The van der Waals surface area contributed by atoms with Crippen LogP contribution in [0.4, 0.5) is 4.79 Å². The second-order valence-corrected chi connectivity index (χ2v) is 5.26. The lowest BCUT2D eigenvalue weighted by Crippen LogP contribution is -2.27. The van der Waals surface area contributed by atoms with Crippen LogP contribution in [0.15, 0.2) is 12.7 Å². The molecule has 0 rings (SSSR count). The van der Waals surface area contributed by atoms with Gasteiger partial charge in [0.25, 0.3) is 0 Å². The van der Waals surface area contributed by atoms with Crippen molar-refractivity contribution in [2.24, 2.45) is 0 Å². The van der Waals surface area contributed by atoms with Gasteiger partial charge < -0.3 is 14.8 Å². The van der Waals surface area contributed by atoms with Crippen LogP contribution in [-0.4, -0.2) is 31.8 Å². The molecule has 0 fully saturated rings. The van der Waals surface area contributed by atoms with Crippen LogP contribution in [-0.2, 0) is 14.3 Å². The molecule has 0 heterocycles. The number of alkyl carbamates (subject to hydrolysis) is 1. The second-order valence-electron chi connectivity index (χ2n) is 5.26. The van der Waals surface area contributed by atoms with Gasteiger partial charge in [-0.05, 0) is 6.42 Å². The molecule has 128 valence electrons. The Labute approximate surface area is 134 Å². The highest BCUT2D eigenvalue weighted by atomic mass is 16.5. The van der Waals surface area contributed by atoms with Crippen molar-refractivity contribution in [2.45, 2.75) is 64.7 Å². The fourth-order valence-electron chi connectivity index (χ4n) is 1.95. The summed E-state index contributed by atoms with van der Waals surface area (Å²) in [7, 11) is 0. The molecule has 0 unspecified atom stereocenters. The number of carbonyl (C=O) groups excluding carboxylic acids is 2. The van der Waals surface area contributed by atoms with Crippen LogP contribution in [0, 0.1) is 0 Å². The number of esters is 1. The number of hydrogen-bond donors (Lipinski definition) is 1.